The summed E-state index contributed by atoms with van der Waals surface area (Å²) in [6.07, 6.45) is 10.7. The van der Waals surface area contributed by atoms with Crippen molar-refractivity contribution in [3.05, 3.63) is 42.0 Å². The molecule has 1 saturated carbocycles. The van der Waals surface area contributed by atoms with E-state index in [4.69, 9.17) is 9.47 Å². The van der Waals surface area contributed by atoms with Crippen molar-refractivity contribution >= 4 is 16.7 Å². The molecule has 2 aromatic rings. The van der Waals surface area contributed by atoms with E-state index in [2.05, 4.69) is 62.1 Å². The minimum Gasteiger partial charge on any atom is -0.490 e. The van der Waals surface area contributed by atoms with Gasteiger partial charge >= 0.3 is 5.97 Å². The number of fused-ring (bicyclic) bond motifs is 3. The van der Waals surface area contributed by atoms with E-state index < -0.39 is 0 Å². The lowest BCUT2D eigenvalue weighted by Crippen LogP contribution is -2.52. The summed E-state index contributed by atoms with van der Waals surface area (Å²) in [5, 5.41) is 2.49. The highest BCUT2D eigenvalue weighted by molar-refractivity contribution is 5.88. The second-order valence-electron chi connectivity index (χ2n) is 12.6. The van der Waals surface area contributed by atoms with Crippen LogP contribution in [0.4, 0.5) is 0 Å². The van der Waals surface area contributed by atoms with Gasteiger partial charge in [-0.3, -0.25) is 9.69 Å². The Labute approximate surface area is 217 Å². The summed E-state index contributed by atoms with van der Waals surface area (Å²) in [4.78, 5) is 15.1. The van der Waals surface area contributed by atoms with Crippen LogP contribution in [0, 0.1) is 17.3 Å². The average molecular weight is 492 g/mol. The molecule has 196 valence electrons. The molecule has 2 aromatic carbocycles. The van der Waals surface area contributed by atoms with Crippen molar-refractivity contribution in [1.29, 1.82) is 0 Å². The minimum absolute atomic E-state index is 0.0131. The quantitative estimate of drug-likeness (QED) is 0.392. The van der Waals surface area contributed by atoms with Crippen LogP contribution in [0.2, 0.25) is 0 Å². The monoisotopic (exact) mass is 491 g/mol. The van der Waals surface area contributed by atoms with Gasteiger partial charge in [-0.05, 0) is 92.7 Å². The van der Waals surface area contributed by atoms with Crippen LogP contribution in [0.25, 0.3) is 10.8 Å². The predicted molar refractivity (Wildman–Crippen MR) is 146 cm³/mol. The first-order chi connectivity index (χ1) is 17.3. The molecule has 36 heavy (non-hydrogen) atoms. The van der Waals surface area contributed by atoms with E-state index in [-0.39, 0.29) is 11.9 Å². The van der Waals surface area contributed by atoms with Crippen molar-refractivity contribution < 1.29 is 14.3 Å². The lowest BCUT2D eigenvalue weighted by molar-refractivity contribution is -0.152. The largest absolute Gasteiger partial charge is 0.490 e. The molecule has 2 unspecified atom stereocenters. The Morgan fingerprint density at radius 1 is 0.972 bits per heavy atom. The van der Waals surface area contributed by atoms with Crippen molar-refractivity contribution in [1.82, 2.24) is 4.90 Å². The molecule has 3 fully saturated rings. The molecule has 0 spiro atoms. The topological polar surface area (TPSA) is 38.8 Å². The maximum Gasteiger partial charge on any atom is 0.309 e. The zero-order chi connectivity index (χ0) is 25.3. The molecule has 0 amide bonds. The summed E-state index contributed by atoms with van der Waals surface area (Å²) in [6.45, 7) is 10.5. The van der Waals surface area contributed by atoms with Crippen molar-refractivity contribution in [2.24, 2.45) is 17.3 Å². The molecular weight excluding hydrogens is 446 g/mol. The number of carbonyl (C=O) groups is 1. The zero-order valence-electron chi connectivity index (χ0n) is 22.8. The van der Waals surface area contributed by atoms with Crippen molar-refractivity contribution in [2.75, 3.05) is 6.61 Å². The molecule has 3 aliphatic rings. The summed E-state index contributed by atoms with van der Waals surface area (Å²) >= 11 is 0. The molecule has 2 bridgehead atoms. The highest BCUT2D eigenvalue weighted by Gasteiger charge is 2.41. The molecule has 2 heterocycles. The molecule has 2 saturated heterocycles. The molecule has 1 aliphatic carbocycles. The smallest absolute Gasteiger partial charge is 0.309 e. The fraction of sp³-hybridized carbons (Fsp3) is 0.656. The Balaban J connectivity index is 1.26. The number of hydrogen-bond donors (Lipinski definition) is 0. The number of rotatable bonds is 6. The van der Waals surface area contributed by atoms with Gasteiger partial charge in [-0.15, -0.1) is 0 Å². The van der Waals surface area contributed by atoms with Crippen LogP contribution < -0.4 is 4.74 Å². The molecule has 2 atom stereocenters. The predicted octanol–water partition coefficient (Wildman–Crippen LogP) is 7.52. The van der Waals surface area contributed by atoms with Crippen LogP contribution >= 0.6 is 0 Å². The van der Waals surface area contributed by atoms with E-state index in [0.29, 0.717) is 30.2 Å². The number of hydrogen-bond acceptors (Lipinski definition) is 4. The normalized spacial score (nSPS) is 29.2. The van der Waals surface area contributed by atoms with Gasteiger partial charge in [-0.2, -0.15) is 0 Å². The van der Waals surface area contributed by atoms with Gasteiger partial charge in [0, 0.05) is 24.0 Å². The number of esters is 1. The van der Waals surface area contributed by atoms with Crippen molar-refractivity contribution in [3.8, 4) is 5.75 Å². The summed E-state index contributed by atoms with van der Waals surface area (Å²) in [5.41, 5.74) is 1.75. The van der Waals surface area contributed by atoms with Crippen LogP contribution in [0.5, 0.6) is 5.75 Å². The molecule has 4 nitrogen and oxygen atoms in total. The first-order valence-corrected chi connectivity index (χ1v) is 14.4. The maximum absolute atomic E-state index is 12.4. The molecule has 0 N–H and O–H groups in total. The number of benzene rings is 2. The summed E-state index contributed by atoms with van der Waals surface area (Å²) in [7, 11) is 0. The second kappa shape index (κ2) is 10.7. The van der Waals surface area contributed by atoms with Crippen molar-refractivity contribution in [3.63, 3.8) is 0 Å². The number of carbonyl (C=O) groups excluding carboxylic acids is 1. The van der Waals surface area contributed by atoms with Gasteiger partial charge in [0.2, 0.25) is 0 Å². The number of nitrogens with zero attached hydrogens (tertiary/aromatic N) is 1. The number of ether oxygens (including phenoxy) is 2. The molecule has 4 heteroatoms. The van der Waals surface area contributed by atoms with E-state index in [9.17, 15) is 4.79 Å². The second-order valence-corrected chi connectivity index (χ2v) is 12.6. The van der Waals surface area contributed by atoms with Gasteiger partial charge in [0.1, 0.15) is 5.75 Å². The average Bonchev–Trinajstić information content (AvgIpc) is 2.84. The van der Waals surface area contributed by atoms with E-state index in [1.54, 1.807) is 0 Å². The van der Waals surface area contributed by atoms with E-state index in [1.165, 1.54) is 48.4 Å². The first-order valence-electron chi connectivity index (χ1n) is 14.4. The van der Waals surface area contributed by atoms with E-state index in [0.717, 1.165) is 43.9 Å². The van der Waals surface area contributed by atoms with Crippen LogP contribution in [0.1, 0.15) is 91.0 Å². The molecule has 5 rings (SSSR count). The minimum atomic E-state index is 0.0131. The highest BCUT2D eigenvalue weighted by Crippen LogP contribution is 2.41. The molecule has 2 aliphatic heterocycles. The lowest BCUT2D eigenvalue weighted by atomic mass is 9.72. The summed E-state index contributed by atoms with van der Waals surface area (Å²) in [6, 6.07) is 14.4. The Morgan fingerprint density at radius 2 is 1.69 bits per heavy atom. The van der Waals surface area contributed by atoms with Crippen LogP contribution in [-0.2, 0) is 16.1 Å². The van der Waals surface area contributed by atoms with Gasteiger partial charge in [0.15, 0.2) is 0 Å². The summed E-state index contributed by atoms with van der Waals surface area (Å²) in [5.74, 6) is 1.92. The third kappa shape index (κ3) is 5.59. The Bertz CT molecular complexity index is 1040. The third-order valence-electron chi connectivity index (χ3n) is 9.21. The van der Waals surface area contributed by atoms with E-state index >= 15 is 0 Å². The maximum atomic E-state index is 12.4. The highest BCUT2D eigenvalue weighted by atomic mass is 16.5. The standard InChI is InChI=1S/C32H45NO3/c1-5-35-31(34)24-19-26-9-7-10-27(20-24)33(26)21-22-12-17-29-23(18-22)8-6-11-30(29)36-28-15-13-25(14-16-28)32(2,3)4/h6,8,11-12,17-18,24-28H,5,7,9-10,13-16,19-21H2,1-4H3. The van der Waals surface area contributed by atoms with Gasteiger partial charge in [-0.25, -0.2) is 0 Å². The van der Waals surface area contributed by atoms with Gasteiger partial charge in [-0.1, -0.05) is 51.5 Å². The first kappa shape index (κ1) is 25.6. The van der Waals surface area contributed by atoms with E-state index in [1.807, 2.05) is 6.92 Å². The third-order valence-corrected chi connectivity index (χ3v) is 9.21. The SMILES string of the molecule is CCOC(=O)C1CC2CCCC(C1)N2Cc1ccc2c(OC3CCC(C(C)(C)C)CC3)cccc2c1. The molecule has 0 radical (unpaired) electrons. The summed E-state index contributed by atoms with van der Waals surface area (Å²) < 4.78 is 11.9. The molecule has 0 aromatic heterocycles. The molecular formula is C32H45NO3. The zero-order valence-corrected chi connectivity index (χ0v) is 22.8. The Kier molecular flexibility index (Phi) is 7.62. The van der Waals surface area contributed by atoms with Gasteiger partial charge in [0.05, 0.1) is 18.6 Å². The fourth-order valence-electron chi connectivity index (χ4n) is 7.13. The van der Waals surface area contributed by atoms with Crippen LogP contribution in [-0.4, -0.2) is 35.7 Å². The van der Waals surface area contributed by atoms with Gasteiger partial charge in [0.25, 0.3) is 0 Å². The van der Waals surface area contributed by atoms with Crippen LogP contribution in [0.3, 0.4) is 0 Å². The van der Waals surface area contributed by atoms with Gasteiger partial charge < -0.3 is 9.47 Å². The Morgan fingerprint density at radius 3 is 2.36 bits per heavy atom. The fourth-order valence-corrected chi connectivity index (χ4v) is 7.13. The van der Waals surface area contributed by atoms with Crippen molar-refractivity contribution in [2.45, 2.75) is 110 Å². The number of piperidine rings is 2. The van der Waals surface area contributed by atoms with Crippen LogP contribution in [0.15, 0.2) is 36.4 Å². The lowest BCUT2D eigenvalue weighted by Gasteiger charge is -2.48. The Hall–Kier alpha value is -2.07.